The number of hydrogen-bond donors (Lipinski definition) is 0. The maximum absolute atomic E-state index is 6.22. The van der Waals surface area contributed by atoms with E-state index in [2.05, 4.69) is 66.4 Å². The molecular weight excluding hydrogens is 392 g/mol. The van der Waals surface area contributed by atoms with Gasteiger partial charge in [-0.15, -0.1) is 11.8 Å². The third kappa shape index (κ3) is 5.20. The van der Waals surface area contributed by atoms with Gasteiger partial charge < -0.3 is 14.4 Å². The maximum atomic E-state index is 6.22. The number of likely N-dealkylation sites (N-methyl/N-ethyl adjacent to an activating group) is 1. The Morgan fingerprint density at radius 3 is 2.63 bits per heavy atom. The van der Waals surface area contributed by atoms with Gasteiger partial charge in [0.1, 0.15) is 5.75 Å². The van der Waals surface area contributed by atoms with E-state index in [1.807, 2.05) is 0 Å². The van der Waals surface area contributed by atoms with Crippen LogP contribution in [0.1, 0.15) is 34.6 Å². The van der Waals surface area contributed by atoms with Crippen LogP contribution in [-0.2, 0) is 11.3 Å². The zero-order chi connectivity index (χ0) is 20.9. The van der Waals surface area contributed by atoms with E-state index in [1.54, 1.807) is 11.8 Å². The molecule has 0 aromatic heterocycles. The summed E-state index contributed by atoms with van der Waals surface area (Å²) in [4.78, 5) is 6.21. The smallest absolute Gasteiger partial charge is 0.122 e. The average molecular weight is 427 g/mol. The molecule has 1 unspecified atom stereocenters. The summed E-state index contributed by atoms with van der Waals surface area (Å²) >= 11 is 1.80. The van der Waals surface area contributed by atoms with Gasteiger partial charge in [-0.05, 0) is 67.1 Å². The molecule has 0 aliphatic carbocycles. The number of morpholine rings is 1. The summed E-state index contributed by atoms with van der Waals surface area (Å²) in [6, 6.07) is 13.7. The third-order valence-electron chi connectivity index (χ3n) is 6.24. The summed E-state index contributed by atoms with van der Waals surface area (Å²) in [6.07, 6.45) is 3.19. The monoisotopic (exact) mass is 426 g/mol. The lowest BCUT2D eigenvalue weighted by atomic mass is 9.84. The van der Waals surface area contributed by atoms with Gasteiger partial charge in [0.15, 0.2) is 0 Å². The first-order valence-corrected chi connectivity index (χ1v) is 12.3. The van der Waals surface area contributed by atoms with Crippen molar-refractivity contribution >= 4 is 11.8 Å². The summed E-state index contributed by atoms with van der Waals surface area (Å²) in [5.41, 5.74) is 5.51. The van der Waals surface area contributed by atoms with Crippen molar-refractivity contribution in [1.82, 2.24) is 9.80 Å². The van der Waals surface area contributed by atoms with Gasteiger partial charge in [0.2, 0.25) is 0 Å². The lowest BCUT2D eigenvalue weighted by Gasteiger charge is -2.33. The summed E-state index contributed by atoms with van der Waals surface area (Å²) in [7, 11) is 2.22. The van der Waals surface area contributed by atoms with Crippen molar-refractivity contribution in [2.75, 3.05) is 59.3 Å². The van der Waals surface area contributed by atoms with Crippen LogP contribution < -0.4 is 4.74 Å². The molecule has 0 saturated carbocycles. The standard InChI is InChI=1S/C25H34N2O2S/c1-19-15-23-21(16-25(19)29-12-4-9-27-10-13-28-14-11-27)17-26(2)18-24(23)20-5-7-22(30-3)8-6-20/h5-8,15-16,24H,4,9-14,17-18H2,1-3H3. The molecule has 0 spiro atoms. The van der Waals surface area contributed by atoms with E-state index >= 15 is 0 Å². The second-order valence-electron chi connectivity index (χ2n) is 8.50. The molecule has 4 nitrogen and oxygen atoms in total. The molecule has 1 fully saturated rings. The molecule has 162 valence electrons. The zero-order valence-electron chi connectivity index (χ0n) is 18.5. The fourth-order valence-electron chi connectivity index (χ4n) is 4.55. The molecule has 2 aliphatic rings. The molecule has 0 amide bonds. The minimum Gasteiger partial charge on any atom is -0.493 e. The summed E-state index contributed by atoms with van der Waals surface area (Å²) in [5.74, 6) is 1.46. The van der Waals surface area contributed by atoms with Crippen LogP contribution in [0, 0.1) is 6.92 Å². The number of benzene rings is 2. The fourth-order valence-corrected chi connectivity index (χ4v) is 4.96. The Hall–Kier alpha value is -1.53. The first kappa shape index (κ1) is 21.7. The normalized spacial score (nSPS) is 20.2. The van der Waals surface area contributed by atoms with E-state index in [0.717, 1.165) is 64.7 Å². The largest absolute Gasteiger partial charge is 0.493 e. The molecule has 2 aromatic carbocycles. The molecule has 1 atom stereocenters. The molecule has 2 aromatic rings. The molecule has 4 rings (SSSR count). The highest BCUT2D eigenvalue weighted by molar-refractivity contribution is 7.98. The average Bonchev–Trinajstić information content (AvgIpc) is 2.77. The minimum absolute atomic E-state index is 0.420. The second-order valence-corrected chi connectivity index (χ2v) is 9.37. The van der Waals surface area contributed by atoms with Crippen LogP contribution in [0.5, 0.6) is 5.75 Å². The molecule has 2 aliphatic heterocycles. The van der Waals surface area contributed by atoms with Crippen molar-refractivity contribution in [3.63, 3.8) is 0 Å². The van der Waals surface area contributed by atoms with E-state index in [4.69, 9.17) is 9.47 Å². The summed E-state index contributed by atoms with van der Waals surface area (Å²) in [5, 5.41) is 0. The predicted molar refractivity (Wildman–Crippen MR) is 125 cm³/mol. The molecule has 1 saturated heterocycles. The number of fused-ring (bicyclic) bond motifs is 1. The Labute approximate surface area is 185 Å². The van der Waals surface area contributed by atoms with Crippen LogP contribution in [0.3, 0.4) is 0 Å². The van der Waals surface area contributed by atoms with Gasteiger partial charge in [-0.1, -0.05) is 18.2 Å². The van der Waals surface area contributed by atoms with Gasteiger partial charge in [-0.2, -0.15) is 0 Å². The van der Waals surface area contributed by atoms with Crippen LogP contribution in [0.4, 0.5) is 0 Å². The molecule has 5 heteroatoms. The topological polar surface area (TPSA) is 24.9 Å². The number of aryl methyl sites for hydroxylation is 1. The molecular formula is C25H34N2O2S. The highest BCUT2D eigenvalue weighted by atomic mass is 32.2. The number of nitrogens with zero attached hydrogens (tertiary/aromatic N) is 2. The fraction of sp³-hybridized carbons (Fsp3) is 0.520. The van der Waals surface area contributed by atoms with Crippen molar-refractivity contribution in [3.8, 4) is 5.75 Å². The Bertz CT molecular complexity index is 834. The number of rotatable bonds is 7. The number of ether oxygens (including phenoxy) is 2. The Morgan fingerprint density at radius 2 is 1.90 bits per heavy atom. The van der Waals surface area contributed by atoms with E-state index in [0.29, 0.717) is 5.92 Å². The van der Waals surface area contributed by atoms with Crippen LogP contribution in [0.2, 0.25) is 0 Å². The highest BCUT2D eigenvalue weighted by Crippen LogP contribution is 2.37. The zero-order valence-corrected chi connectivity index (χ0v) is 19.3. The first-order valence-electron chi connectivity index (χ1n) is 11.0. The first-order chi connectivity index (χ1) is 14.6. The van der Waals surface area contributed by atoms with E-state index in [1.165, 1.54) is 27.1 Å². The van der Waals surface area contributed by atoms with Gasteiger partial charge >= 0.3 is 0 Å². The van der Waals surface area contributed by atoms with Crippen LogP contribution in [0.15, 0.2) is 41.3 Å². The maximum Gasteiger partial charge on any atom is 0.122 e. The molecule has 0 radical (unpaired) electrons. The predicted octanol–water partition coefficient (Wildman–Crippen LogP) is 4.40. The summed E-state index contributed by atoms with van der Waals surface area (Å²) < 4.78 is 11.6. The van der Waals surface area contributed by atoms with Crippen molar-refractivity contribution in [3.05, 3.63) is 58.7 Å². The number of thioether (sulfide) groups is 1. The SMILES string of the molecule is CSc1ccc(C2CN(C)Cc3cc(OCCCN4CCOCC4)c(C)cc32)cc1. The molecule has 0 N–H and O–H groups in total. The van der Waals surface area contributed by atoms with Gasteiger partial charge in [-0.25, -0.2) is 0 Å². The molecule has 30 heavy (non-hydrogen) atoms. The lowest BCUT2D eigenvalue weighted by molar-refractivity contribution is 0.0358. The molecule has 2 heterocycles. The van der Waals surface area contributed by atoms with Gasteiger partial charge in [0, 0.05) is 43.5 Å². The Kier molecular flexibility index (Phi) is 7.37. The van der Waals surface area contributed by atoms with Gasteiger partial charge in [0.25, 0.3) is 0 Å². The van der Waals surface area contributed by atoms with Crippen molar-refractivity contribution < 1.29 is 9.47 Å². The van der Waals surface area contributed by atoms with Gasteiger partial charge in [0.05, 0.1) is 19.8 Å². The third-order valence-corrected chi connectivity index (χ3v) is 6.99. The van der Waals surface area contributed by atoms with Gasteiger partial charge in [-0.3, -0.25) is 4.90 Å². The molecule has 0 bridgehead atoms. The highest BCUT2D eigenvalue weighted by Gasteiger charge is 2.26. The second kappa shape index (κ2) is 10.2. The van der Waals surface area contributed by atoms with Crippen molar-refractivity contribution in [2.24, 2.45) is 0 Å². The van der Waals surface area contributed by atoms with E-state index in [-0.39, 0.29) is 0 Å². The van der Waals surface area contributed by atoms with Crippen molar-refractivity contribution in [1.29, 1.82) is 0 Å². The van der Waals surface area contributed by atoms with E-state index in [9.17, 15) is 0 Å². The van der Waals surface area contributed by atoms with Crippen molar-refractivity contribution in [2.45, 2.75) is 30.7 Å². The number of hydrogen-bond acceptors (Lipinski definition) is 5. The van der Waals surface area contributed by atoms with Crippen LogP contribution in [0.25, 0.3) is 0 Å². The van der Waals surface area contributed by atoms with E-state index < -0.39 is 0 Å². The quantitative estimate of drug-likeness (QED) is 0.483. The Balaban J connectivity index is 1.44. The van der Waals surface area contributed by atoms with Crippen LogP contribution in [-0.4, -0.2) is 69.1 Å². The summed E-state index contributed by atoms with van der Waals surface area (Å²) in [6.45, 7) is 9.90. The minimum atomic E-state index is 0.420. The lowest BCUT2D eigenvalue weighted by Crippen LogP contribution is -2.37. The Morgan fingerprint density at radius 1 is 1.13 bits per heavy atom. The van der Waals surface area contributed by atoms with Crippen LogP contribution >= 0.6 is 11.8 Å².